The molecule has 6 aromatic carbocycles. The molecule has 0 saturated heterocycles. The molecule has 0 aliphatic carbocycles. The van der Waals surface area contributed by atoms with Crippen LogP contribution in [0.15, 0.2) is 115 Å². The Labute approximate surface area is 210 Å². The van der Waals surface area contributed by atoms with Crippen LogP contribution in [0.25, 0.3) is 80.2 Å². The lowest BCUT2D eigenvalue weighted by atomic mass is 9.94. The van der Waals surface area contributed by atoms with Crippen LogP contribution >= 0.6 is 11.3 Å². The van der Waals surface area contributed by atoms with Crippen LogP contribution in [0.1, 0.15) is 0 Å². The lowest BCUT2D eigenvalue weighted by Gasteiger charge is -2.09. The number of fused-ring (bicyclic) bond motifs is 11. The second-order valence-corrected chi connectivity index (χ2v) is 10.8. The Morgan fingerprint density at radius 1 is 0.500 bits per heavy atom. The van der Waals surface area contributed by atoms with Gasteiger partial charge in [-0.05, 0) is 52.7 Å². The number of nitrogens with zero attached hydrogens (tertiary/aromatic N) is 1. The molecular weight excluding hydrogens is 454 g/mol. The van der Waals surface area contributed by atoms with Crippen molar-refractivity contribution >= 4 is 80.4 Å². The highest BCUT2D eigenvalue weighted by Gasteiger charge is 2.20. The van der Waals surface area contributed by atoms with Crippen molar-refractivity contribution < 1.29 is 0 Å². The van der Waals surface area contributed by atoms with Crippen molar-refractivity contribution in [2.45, 2.75) is 0 Å². The van der Waals surface area contributed by atoms with Gasteiger partial charge in [-0.15, -0.1) is 11.3 Å². The zero-order chi connectivity index (χ0) is 23.4. The molecule has 3 aromatic heterocycles. The van der Waals surface area contributed by atoms with Crippen molar-refractivity contribution in [3.8, 4) is 11.1 Å². The zero-order valence-corrected chi connectivity index (χ0v) is 20.1. The van der Waals surface area contributed by atoms with Crippen LogP contribution < -0.4 is 0 Å². The molecule has 9 rings (SSSR count). The summed E-state index contributed by atoms with van der Waals surface area (Å²) in [5.41, 5.74) is 6.50. The maximum Gasteiger partial charge on any atom is 0.0620 e. The summed E-state index contributed by atoms with van der Waals surface area (Å²) in [6.07, 6.45) is 0. The normalized spacial score (nSPS) is 12.4. The SMILES string of the molecule is c1ccc2c(c1)cc(-c1cc3c4ccccc4n4c5ccccc5c(c1)c34)c1sc3ccccc3c12. The first kappa shape index (κ1) is 18.9. The Morgan fingerprint density at radius 2 is 1.08 bits per heavy atom. The average molecular weight is 474 g/mol. The van der Waals surface area contributed by atoms with Crippen molar-refractivity contribution in [2.24, 2.45) is 0 Å². The molecule has 36 heavy (non-hydrogen) atoms. The molecule has 0 atom stereocenters. The Kier molecular flexibility index (Phi) is 3.47. The maximum absolute atomic E-state index is 2.45. The molecule has 0 aliphatic heterocycles. The van der Waals surface area contributed by atoms with Crippen LogP contribution in [0.5, 0.6) is 0 Å². The van der Waals surface area contributed by atoms with E-state index in [0.717, 1.165) is 0 Å². The number of rotatable bonds is 1. The van der Waals surface area contributed by atoms with Crippen molar-refractivity contribution in [1.82, 2.24) is 4.40 Å². The fourth-order valence-electron chi connectivity index (χ4n) is 6.39. The van der Waals surface area contributed by atoms with Gasteiger partial charge in [0.25, 0.3) is 0 Å². The summed E-state index contributed by atoms with van der Waals surface area (Å²) < 4.78 is 5.17. The average Bonchev–Trinajstić information content (AvgIpc) is 3.59. The number of hydrogen-bond acceptors (Lipinski definition) is 1. The van der Waals surface area contributed by atoms with Crippen LogP contribution in [0.2, 0.25) is 0 Å². The molecule has 2 heteroatoms. The molecule has 0 aliphatic rings. The van der Waals surface area contributed by atoms with E-state index in [1.807, 2.05) is 11.3 Å². The van der Waals surface area contributed by atoms with E-state index >= 15 is 0 Å². The third-order valence-corrected chi connectivity index (χ3v) is 9.09. The summed E-state index contributed by atoms with van der Waals surface area (Å²) in [6, 6.07) is 42.6. The molecule has 0 radical (unpaired) electrons. The number of para-hydroxylation sites is 2. The summed E-state index contributed by atoms with van der Waals surface area (Å²) in [7, 11) is 0. The summed E-state index contributed by atoms with van der Waals surface area (Å²) in [5.74, 6) is 0. The van der Waals surface area contributed by atoms with E-state index < -0.39 is 0 Å². The van der Waals surface area contributed by atoms with Crippen molar-refractivity contribution in [2.75, 3.05) is 0 Å². The highest BCUT2D eigenvalue weighted by Crippen LogP contribution is 2.47. The molecule has 0 saturated carbocycles. The minimum absolute atomic E-state index is 1.28. The number of thiophene rings is 1. The van der Waals surface area contributed by atoms with E-state index in [2.05, 4.69) is 120 Å². The van der Waals surface area contributed by atoms with Crippen LogP contribution in [0.4, 0.5) is 0 Å². The van der Waals surface area contributed by atoms with Gasteiger partial charge in [0.1, 0.15) is 0 Å². The van der Waals surface area contributed by atoms with Gasteiger partial charge in [0, 0.05) is 47.3 Å². The Hall–Kier alpha value is -4.40. The van der Waals surface area contributed by atoms with Crippen LogP contribution in [-0.4, -0.2) is 4.40 Å². The highest BCUT2D eigenvalue weighted by molar-refractivity contribution is 7.26. The summed E-state index contributed by atoms with van der Waals surface area (Å²) in [5, 5.41) is 10.7. The molecule has 0 N–H and O–H groups in total. The maximum atomic E-state index is 2.45. The lowest BCUT2D eigenvalue weighted by Crippen LogP contribution is -1.83. The van der Waals surface area contributed by atoms with Crippen molar-refractivity contribution in [1.29, 1.82) is 0 Å². The second kappa shape index (κ2) is 6.63. The molecule has 1 nitrogen and oxygen atoms in total. The van der Waals surface area contributed by atoms with E-state index in [9.17, 15) is 0 Å². The minimum Gasteiger partial charge on any atom is -0.308 e. The van der Waals surface area contributed by atoms with Crippen LogP contribution in [0, 0.1) is 0 Å². The van der Waals surface area contributed by atoms with Gasteiger partial charge in [0.15, 0.2) is 0 Å². The topological polar surface area (TPSA) is 4.41 Å². The second-order valence-electron chi connectivity index (χ2n) is 9.74. The smallest absolute Gasteiger partial charge is 0.0620 e. The fraction of sp³-hybridized carbons (Fsp3) is 0. The number of hydrogen-bond donors (Lipinski definition) is 0. The largest absolute Gasteiger partial charge is 0.308 e. The Balaban J connectivity index is 1.52. The molecule has 0 unspecified atom stereocenters. The van der Waals surface area contributed by atoms with Crippen molar-refractivity contribution in [3.63, 3.8) is 0 Å². The third-order valence-electron chi connectivity index (χ3n) is 7.88. The predicted molar refractivity (Wildman–Crippen MR) is 157 cm³/mol. The minimum atomic E-state index is 1.28. The summed E-state index contributed by atoms with van der Waals surface area (Å²) >= 11 is 1.92. The molecular formula is C34H19NS. The van der Waals surface area contributed by atoms with E-state index in [0.29, 0.717) is 0 Å². The lowest BCUT2D eigenvalue weighted by molar-refractivity contribution is 1.37. The number of benzene rings is 6. The molecule has 0 fully saturated rings. The van der Waals surface area contributed by atoms with E-state index in [1.165, 1.54) is 80.2 Å². The Bertz CT molecular complexity index is 2230. The van der Waals surface area contributed by atoms with E-state index in [1.54, 1.807) is 0 Å². The summed E-state index contributed by atoms with van der Waals surface area (Å²) in [6.45, 7) is 0. The summed E-state index contributed by atoms with van der Waals surface area (Å²) in [4.78, 5) is 0. The van der Waals surface area contributed by atoms with Gasteiger partial charge in [-0.25, -0.2) is 0 Å². The molecule has 166 valence electrons. The molecule has 0 amide bonds. The van der Waals surface area contributed by atoms with Gasteiger partial charge in [-0.3, -0.25) is 0 Å². The standard InChI is InChI=1S/C34H19NS/c1-2-10-22-20(9-1)17-26(34-32(22)25-13-5-8-16-31(25)36-34)21-18-27-23-11-3-6-14-29(23)35-30-15-7-4-12-24(30)28(19-21)33(27)35/h1-19H. The monoisotopic (exact) mass is 473 g/mol. The first-order valence-corrected chi connectivity index (χ1v) is 13.2. The highest BCUT2D eigenvalue weighted by atomic mass is 32.1. The van der Waals surface area contributed by atoms with Gasteiger partial charge < -0.3 is 4.40 Å². The van der Waals surface area contributed by atoms with Gasteiger partial charge in [0.05, 0.1) is 16.6 Å². The van der Waals surface area contributed by atoms with E-state index in [4.69, 9.17) is 0 Å². The van der Waals surface area contributed by atoms with Crippen molar-refractivity contribution in [3.05, 3.63) is 115 Å². The van der Waals surface area contributed by atoms with Crippen LogP contribution in [0.3, 0.4) is 0 Å². The van der Waals surface area contributed by atoms with E-state index in [-0.39, 0.29) is 0 Å². The van der Waals surface area contributed by atoms with Gasteiger partial charge in [-0.1, -0.05) is 78.9 Å². The zero-order valence-electron chi connectivity index (χ0n) is 19.3. The first-order chi connectivity index (χ1) is 17.9. The molecule has 3 heterocycles. The number of aromatic nitrogens is 1. The molecule has 9 aromatic rings. The fourth-order valence-corrected chi connectivity index (χ4v) is 7.65. The van der Waals surface area contributed by atoms with Crippen LogP contribution in [-0.2, 0) is 0 Å². The van der Waals surface area contributed by atoms with Gasteiger partial charge in [-0.2, -0.15) is 0 Å². The van der Waals surface area contributed by atoms with Gasteiger partial charge in [0.2, 0.25) is 0 Å². The molecule has 0 spiro atoms. The third kappa shape index (κ3) is 2.26. The quantitative estimate of drug-likeness (QED) is 0.223. The first-order valence-electron chi connectivity index (χ1n) is 12.4. The van der Waals surface area contributed by atoms with Gasteiger partial charge >= 0.3 is 0 Å². The molecule has 0 bridgehead atoms. The Morgan fingerprint density at radius 3 is 1.81 bits per heavy atom. The predicted octanol–water partition coefficient (Wildman–Crippen LogP) is 10.0.